The number of anilines is 3. The molecular weight excluding hydrogens is 826 g/mol. The first kappa shape index (κ1) is 38.7. The second-order valence-electron chi connectivity index (χ2n) is 18.4. The van der Waals surface area contributed by atoms with E-state index in [9.17, 15) is 0 Å². The zero-order valence-electron chi connectivity index (χ0n) is 37.6. The SMILES string of the molecule is Cc1cc(-c2ccc(N(c3ccccc3)c3cccc4c3oc3ccccc34)cc2)c2c3ccccc3c3c(C)cc(B(c4ccccc4)c4cccc5c4oc4ccccc45)c4ccc1c2c43. The molecule has 2 heterocycles. The maximum atomic E-state index is 6.80. The Morgan fingerprint density at radius 2 is 0.897 bits per heavy atom. The lowest BCUT2D eigenvalue weighted by molar-refractivity contribution is 0.669. The summed E-state index contributed by atoms with van der Waals surface area (Å²) in [5, 5.41) is 14.8. The van der Waals surface area contributed by atoms with Crippen LogP contribution in [0.15, 0.2) is 227 Å². The fourth-order valence-corrected chi connectivity index (χ4v) is 11.7. The smallest absolute Gasteiger partial charge is 0.246 e. The largest absolute Gasteiger partial charge is 0.457 e. The van der Waals surface area contributed by atoms with E-state index in [4.69, 9.17) is 8.83 Å². The van der Waals surface area contributed by atoms with Crippen LogP contribution in [0.1, 0.15) is 11.1 Å². The van der Waals surface area contributed by atoms with Crippen LogP contribution in [0.2, 0.25) is 0 Å². The van der Waals surface area contributed by atoms with Crippen LogP contribution in [0.25, 0.3) is 98.1 Å². The molecule has 0 atom stereocenters. The molecule has 0 fully saturated rings. The van der Waals surface area contributed by atoms with Gasteiger partial charge in [-0.05, 0) is 127 Å². The molecule has 0 amide bonds. The van der Waals surface area contributed by atoms with Gasteiger partial charge in [0, 0.05) is 32.9 Å². The predicted octanol–water partition coefficient (Wildman–Crippen LogP) is 15.8. The summed E-state index contributed by atoms with van der Waals surface area (Å²) >= 11 is 0. The van der Waals surface area contributed by atoms with E-state index in [1.54, 1.807) is 0 Å². The van der Waals surface area contributed by atoms with Crippen LogP contribution in [0.4, 0.5) is 17.1 Å². The summed E-state index contributed by atoms with van der Waals surface area (Å²) in [6, 6.07) is 79.3. The van der Waals surface area contributed by atoms with Gasteiger partial charge in [-0.25, -0.2) is 0 Å². The molecule has 0 saturated heterocycles. The van der Waals surface area contributed by atoms with E-state index >= 15 is 0 Å². The van der Waals surface area contributed by atoms with E-state index in [1.807, 2.05) is 6.07 Å². The van der Waals surface area contributed by atoms with Crippen LogP contribution in [-0.4, -0.2) is 6.71 Å². The molecule has 4 heteroatoms. The summed E-state index contributed by atoms with van der Waals surface area (Å²) in [4.78, 5) is 2.32. The third kappa shape index (κ3) is 5.67. The average Bonchev–Trinajstić information content (AvgIpc) is 3.97. The molecule has 68 heavy (non-hydrogen) atoms. The summed E-state index contributed by atoms with van der Waals surface area (Å²) in [6.45, 7) is 4.50. The van der Waals surface area contributed by atoms with Gasteiger partial charge in [0.2, 0.25) is 6.71 Å². The van der Waals surface area contributed by atoms with Gasteiger partial charge in [0.1, 0.15) is 16.7 Å². The Morgan fingerprint density at radius 1 is 0.353 bits per heavy atom. The normalized spacial score (nSPS) is 12.0. The highest BCUT2D eigenvalue weighted by atomic mass is 16.3. The van der Waals surface area contributed by atoms with E-state index in [2.05, 4.69) is 231 Å². The van der Waals surface area contributed by atoms with Crippen LogP contribution >= 0.6 is 0 Å². The summed E-state index contributed by atoms with van der Waals surface area (Å²) in [7, 11) is 0. The number of hydrogen-bond donors (Lipinski definition) is 0. The fraction of sp³-hybridized carbons (Fsp3) is 0.0312. The molecule has 0 bridgehead atoms. The molecule has 2 aromatic heterocycles. The van der Waals surface area contributed by atoms with Gasteiger partial charge in [0.05, 0.1) is 5.69 Å². The molecule has 14 aromatic rings. The Kier molecular flexibility index (Phi) is 8.51. The molecule has 0 saturated carbocycles. The molecule has 0 aliphatic heterocycles. The number of aryl methyl sites for hydroxylation is 2. The minimum Gasteiger partial charge on any atom is -0.457 e. The standard InChI is InChI=1S/C64H42BNO2/c1-39-37-53(41-31-33-44(34-32-41)66(43-19-7-4-8-20-43)56-28-16-26-51-47-22-12-14-30-58(47)68-64(51)56)60-49-24-10-9-23-48(49)59-40(2)38-55(52-36-35-45(39)61(60)62(52)59)65(42-17-5-3-6-18-42)54-27-15-25-50-46-21-11-13-29-57(46)67-63(50)54/h3-38H,1-2H3. The summed E-state index contributed by atoms with van der Waals surface area (Å²) in [5.74, 6) is 0. The monoisotopic (exact) mass is 867 g/mol. The quantitative estimate of drug-likeness (QED) is 0.0908. The average molecular weight is 868 g/mol. The number of furan rings is 2. The zero-order chi connectivity index (χ0) is 45.0. The first-order valence-electron chi connectivity index (χ1n) is 23.5. The Hall–Kier alpha value is -8.60. The Morgan fingerprint density at radius 3 is 1.62 bits per heavy atom. The third-order valence-electron chi connectivity index (χ3n) is 14.6. The van der Waals surface area contributed by atoms with E-state index < -0.39 is 0 Å². The zero-order valence-corrected chi connectivity index (χ0v) is 37.6. The predicted molar refractivity (Wildman–Crippen MR) is 289 cm³/mol. The van der Waals surface area contributed by atoms with Crippen molar-refractivity contribution in [2.75, 3.05) is 4.90 Å². The number of nitrogens with zero attached hydrogens (tertiary/aromatic N) is 1. The lowest BCUT2D eigenvalue weighted by atomic mass is 9.36. The van der Waals surface area contributed by atoms with E-state index in [1.165, 1.54) is 81.7 Å². The second-order valence-corrected chi connectivity index (χ2v) is 18.4. The highest BCUT2D eigenvalue weighted by Crippen LogP contribution is 2.48. The van der Waals surface area contributed by atoms with Crippen LogP contribution in [0.5, 0.6) is 0 Å². The lowest BCUT2D eigenvalue weighted by Crippen LogP contribution is -2.52. The number of hydrogen-bond acceptors (Lipinski definition) is 3. The molecule has 14 rings (SSSR count). The van der Waals surface area contributed by atoms with Crippen molar-refractivity contribution in [3.05, 3.63) is 230 Å². The summed E-state index contributed by atoms with van der Waals surface area (Å²) in [5.41, 5.74) is 15.3. The van der Waals surface area contributed by atoms with E-state index in [0.29, 0.717) is 0 Å². The molecule has 0 aliphatic rings. The fourth-order valence-electron chi connectivity index (χ4n) is 11.7. The van der Waals surface area contributed by atoms with Crippen molar-refractivity contribution in [3.8, 4) is 11.1 Å². The molecular formula is C64H42BNO2. The highest BCUT2D eigenvalue weighted by molar-refractivity contribution is 6.98. The van der Waals surface area contributed by atoms with Gasteiger partial charge in [-0.3, -0.25) is 0 Å². The maximum absolute atomic E-state index is 6.80. The molecule has 0 N–H and O–H groups in total. The van der Waals surface area contributed by atoms with Crippen molar-refractivity contribution >= 4 is 127 Å². The van der Waals surface area contributed by atoms with Crippen molar-refractivity contribution in [1.82, 2.24) is 0 Å². The molecule has 0 aliphatic carbocycles. The molecule has 0 spiro atoms. The van der Waals surface area contributed by atoms with Crippen LogP contribution in [0, 0.1) is 13.8 Å². The highest BCUT2D eigenvalue weighted by Gasteiger charge is 2.30. The van der Waals surface area contributed by atoms with E-state index in [0.717, 1.165) is 60.9 Å². The van der Waals surface area contributed by atoms with Crippen LogP contribution in [0.3, 0.4) is 0 Å². The van der Waals surface area contributed by atoms with Gasteiger partial charge in [0.15, 0.2) is 5.58 Å². The van der Waals surface area contributed by atoms with Crippen molar-refractivity contribution < 1.29 is 8.83 Å². The first-order chi connectivity index (χ1) is 33.6. The molecule has 3 nitrogen and oxygen atoms in total. The summed E-state index contributed by atoms with van der Waals surface area (Å²) in [6.07, 6.45) is 0. The van der Waals surface area contributed by atoms with E-state index in [-0.39, 0.29) is 6.71 Å². The Bertz CT molecular complexity index is 4280. The third-order valence-corrected chi connectivity index (χ3v) is 14.6. The first-order valence-corrected chi connectivity index (χ1v) is 23.5. The Labute approximate surface area is 393 Å². The topological polar surface area (TPSA) is 29.5 Å². The molecule has 318 valence electrons. The molecule has 0 radical (unpaired) electrons. The number of para-hydroxylation sites is 5. The van der Waals surface area contributed by atoms with Crippen molar-refractivity contribution in [2.45, 2.75) is 13.8 Å². The van der Waals surface area contributed by atoms with Crippen molar-refractivity contribution in [2.24, 2.45) is 0 Å². The minimum atomic E-state index is -0.0823. The van der Waals surface area contributed by atoms with Gasteiger partial charge >= 0.3 is 0 Å². The maximum Gasteiger partial charge on any atom is 0.246 e. The summed E-state index contributed by atoms with van der Waals surface area (Å²) < 4.78 is 13.4. The number of benzene rings is 12. The number of rotatable bonds is 7. The lowest BCUT2D eigenvalue weighted by Gasteiger charge is -2.26. The minimum absolute atomic E-state index is 0.0823. The molecule has 0 unspecified atom stereocenters. The van der Waals surface area contributed by atoms with Crippen LogP contribution < -0.4 is 21.3 Å². The molecule has 12 aromatic carbocycles. The van der Waals surface area contributed by atoms with Gasteiger partial charge in [-0.2, -0.15) is 0 Å². The van der Waals surface area contributed by atoms with Crippen LogP contribution in [-0.2, 0) is 0 Å². The van der Waals surface area contributed by atoms with Gasteiger partial charge < -0.3 is 13.7 Å². The van der Waals surface area contributed by atoms with Gasteiger partial charge in [0.25, 0.3) is 0 Å². The Balaban J connectivity index is 1.01. The van der Waals surface area contributed by atoms with Crippen molar-refractivity contribution in [1.29, 1.82) is 0 Å². The van der Waals surface area contributed by atoms with Crippen molar-refractivity contribution in [3.63, 3.8) is 0 Å². The van der Waals surface area contributed by atoms with Gasteiger partial charge in [-0.15, -0.1) is 0 Å². The van der Waals surface area contributed by atoms with Gasteiger partial charge in [-0.1, -0.05) is 187 Å². The second kappa shape index (κ2) is 15.0. The number of fused-ring (bicyclic) bond motifs is 9.